The van der Waals surface area contributed by atoms with E-state index in [4.69, 9.17) is 0 Å². The highest BCUT2D eigenvalue weighted by Gasteiger charge is 2.32. The highest BCUT2D eigenvalue weighted by molar-refractivity contribution is 5.63. The maximum Gasteiger partial charge on any atom is 0.115 e. The van der Waals surface area contributed by atoms with Crippen molar-refractivity contribution in [3.63, 3.8) is 0 Å². The number of benzene rings is 2. The Balaban J connectivity index is 2.02. The van der Waals surface area contributed by atoms with Crippen LogP contribution in [0, 0.1) is 5.92 Å². The molecule has 3 rings (SSSR count). The van der Waals surface area contributed by atoms with Crippen LogP contribution in [0.3, 0.4) is 0 Å². The van der Waals surface area contributed by atoms with Crippen molar-refractivity contribution in [2.75, 3.05) is 11.9 Å². The third-order valence-corrected chi connectivity index (χ3v) is 5.17. The zero-order valence-electron chi connectivity index (χ0n) is 15.4. The van der Waals surface area contributed by atoms with E-state index in [0.29, 0.717) is 11.7 Å². The number of nitrogens with one attached hydrogen (secondary N) is 1. The second-order valence-electron chi connectivity index (χ2n) is 8.14. The van der Waals surface area contributed by atoms with E-state index in [0.717, 1.165) is 24.8 Å². The van der Waals surface area contributed by atoms with Crippen LogP contribution in [0.15, 0.2) is 42.5 Å². The van der Waals surface area contributed by atoms with Crippen LogP contribution in [0.5, 0.6) is 5.75 Å². The van der Waals surface area contributed by atoms with Crippen LogP contribution in [0.2, 0.25) is 0 Å². The first-order valence-corrected chi connectivity index (χ1v) is 9.19. The summed E-state index contributed by atoms with van der Waals surface area (Å²) in [7, 11) is 0. The fourth-order valence-corrected chi connectivity index (χ4v) is 3.94. The lowest BCUT2D eigenvalue weighted by molar-refractivity contribution is 0.263. The first kappa shape index (κ1) is 17.8. The van der Waals surface area contributed by atoms with Gasteiger partial charge in [-0.3, -0.25) is 0 Å². The standard InChI is InChI=1S/C22H29NO2/c1-22(2,3)19-11-5-8-16-13-15(9-6-12-24)20(23-21(16)19)17-7-4-10-18(25)14-17/h4-5,7-8,10-11,14-15,20,23-25H,6,9,12-13H2,1-3H3. The molecule has 0 fully saturated rings. The zero-order chi connectivity index (χ0) is 18.0. The Morgan fingerprint density at radius 1 is 1.12 bits per heavy atom. The second kappa shape index (κ2) is 7.09. The SMILES string of the molecule is CC(C)(C)c1cccc2c1NC(c1cccc(O)c1)C(CCCO)C2. The quantitative estimate of drug-likeness (QED) is 0.751. The minimum absolute atomic E-state index is 0.0691. The van der Waals surface area contributed by atoms with Crippen LogP contribution in [0.25, 0.3) is 0 Å². The summed E-state index contributed by atoms with van der Waals surface area (Å²) in [4.78, 5) is 0. The van der Waals surface area contributed by atoms with E-state index in [2.05, 4.69) is 50.4 Å². The Morgan fingerprint density at radius 2 is 1.88 bits per heavy atom. The van der Waals surface area contributed by atoms with Crippen LogP contribution in [-0.4, -0.2) is 16.8 Å². The van der Waals surface area contributed by atoms with Crippen LogP contribution < -0.4 is 5.32 Å². The van der Waals surface area contributed by atoms with Gasteiger partial charge in [0.1, 0.15) is 5.75 Å². The molecule has 25 heavy (non-hydrogen) atoms. The van der Waals surface area contributed by atoms with Gasteiger partial charge in [-0.15, -0.1) is 0 Å². The Kier molecular flexibility index (Phi) is 5.05. The highest BCUT2D eigenvalue weighted by atomic mass is 16.3. The van der Waals surface area contributed by atoms with E-state index in [9.17, 15) is 10.2 Å². The molecule has 1 heterocycles. The van der Waals surface area contributed by atoms with Crippen molar-refractivity contribution in [3.05, 3.63) is 59.2 Å². The Hall–Kier alpha value is -2.00. The number of aliphatic hydroxyl groups is 1. The average Bonchev–Trinajstić information content (AvgIpc) is 2.57. The van der Waals surface area contributed by atoms with Crippen molar-refractivity contribution in [1.29, 1.82) is 0 Å². The van der Waals surface area contributed by atoms with Crippen molar-refractivity contribution in [2.45, 2.75) is 51.5 Å². The monoisotopic (exact) mass is 339 g/mol. The molecular weight excluding hydrogens is 310 g/mol. The predicted octanol–water partition coefficient (Wildman–Crippen LogP) is 4.79. The van der Waals surface area contributed by atoms with E-state index in [1.54, 1.807) is 6.07 Å². The second-order valence-corrected chi connectivity index (χ2v) is 8.14. The lowest BCUT2D eigenvalue weighted by atomic mass is 9.77. The van der Waals surface area contributed by atoms with Crippen molar-refractivity contribution in [3.8, 4) is 5.75 Å². The lowest BCUT2D eigenvalue weighted by Gasteiger charge is -2.38. The number of phenolic OH excluding ortho intramolecular Hbond substituents is 1. The molecule has 2 unspecified atom stereocenters. The molecular formula is C22H29NO2. The van der Waals surface area contributed by atoms with Gasteiger partial charge in [0.25, 0.3) is 0 Å². The molecule has 3 heteroatoms. The Labute approximate surface area is 150 Å². The smallest absolute Gasteiger partial charge is 0.115 e. The minimum Gasteiger partial charge on any atom is -0.508 e. The van der Waals surface area contributed by atoms with Crippen molar-refractivity contribution >= 4 is 5.69 Å². The molecule has 3 nitrogen and oxygen atoms in total. The molecule has 1 aliphatic rings. The predicted molar refractivity (Wildman–Crippen MR) is 103 cm³/mol. The summed E-state index contributed by atoms with van der Waals surface area (Å²) in [6.07, 6.45) is 2.76. The van der Waals surface area contributed by atoms with Crippen LogP contribution in [-0.2, 0) is 11.8 Å². The van der Waals surface area contributed by atoms with E-state index < -0.39 is 0 Å². The normalized spacial score (nSPS) is 20.0. The van der Waals surface area contributed by atoms with Crippen LogP contribution >= 0.6 is 0 Å². The summed E-state index contributed by atoms with van der Waals surface area (Å²) in [6, 6.07) is 14.3. The molecule has 1 aliphatic heterocycles. The molecule has 0 aromatic heterocycles. The number of hydrogen-bond acceptors (Lipinski definition) is 3. The summed E-state index contributed by atoms with van der Waals surface area (Å²) < 4.78 is 0. The third-order valence-electron chi connectivity index (χ3n) is 5.17. The Morgan fingerprint density at radius 3 is 2.56 bits per heavy atom. The molecule has 0 saturated carbocycles. The number of aromatic hydroxyl groups is 1. The first-order valence-electron chi connectivity index (χ1n) is 9.19. The molecule has 0 bridgehead atoms. The third kappa shape index (κ3) is 3.82. The largest absolute Gasteiger partial charge is 0.508 e. The maximum atomic E-state index is 9.92. The molecule has 2 atom stereocenters. The zero-order valence-corrected chi connectivity index (χ0v) is 15.4. The highest BCUT2D eigenvalue weighted by Crippen LogP contribution is 2.43. The number of para-hydroxylation sites is 1. The molecule has 0 aliphatic carbocycles. The molecule has 0 radical (unpaired) electrons. The number of aliphatic hydroxyl groups excluding tert-OH is 1. The van der Waals surface area contributed by atoms with Gasteiger partial charge in [0.2, 0.25) is 0 Å². The summed E-state index contributed by atoms with van der Waals surface area (Å²) in [5.41, 5.74) is 5.10. The van der Waals surface area contributed by atoms with Gasteiger partial charge in [-0.25, -0.2) is 0 Å². The molecule has 0 amide bonds. The number of anilines is 1. The van der Waals surface area contributed by atoms with Crippen LogP contribution in [0.4, 0.5) is 5.69 Å². The molecule has 134 valence electrons. The molecule has 2 aromatic rings. The molecule has 0 saturated heterocycles. The van der Waals surface area contributed by atoms with Crippen LogP contribution in [0.1, 0.15) is 56.3 Å². The van der Waals surface area contributed by atoms with Gasteiger partial charge in [-0.1, -0.05) is 51.1 Å². The average molecular weight is 339 g/mol. The number of rotatable bonds is 4. The van der Waals surface area contributed by atoms with E-state index in [1.165, 1.54) is 16.8 Å². The lowest BCUT2D eigenvalue weighted by Crippen LogP contribution is -2.30. The summed E-state index contributed by atoms with van der Waals surface area (Å²) in [6.45, 7) is 6.95. The van der Waals surface area contributed by atoms with Gasteiger partial charge in [0.15, 0.2) is 0 Å². The van der Waals surface area contributed by atoms with E-state index in [1.807, 2.05) is 12.1 Å². The van der Waals surface area contributed by atoms with Gasteiger partial charge in [0, 0.05) is 12.3 Å². The number of phenols is 1. The number of fused-ring (bicyclic) bond motifs is 1. The summed E-state index contributed by atoms with van der Waals surface area (Å²) in [5.74, 6) is 0.701. The summed E-state index contributed by atoms with van der Waals surface area (Å²) in [5, 5.41) is 23.0. The topological polar surface area (TPSA) is 52.5 Å². The van der Waals surface area contributed by atoms with Crippen molar-refractivity contribution in [2.24, 2.45) is 5.92 Å². The fraction of sp³-hybridized carbons (Fsp3) is 0.455. The Bertz CT molecular complexity index is 733. The van der Waals surface area contributed by atoms with Crippen molar-refractivity contribution < 1.29 is 10.2 Å². The number of hydrogen-bond donors (Lipinski definition) is 3. The minimum atomic E-state index is 0.0691. The van der Waals surface area contributed by atoms with Crippen molar-refractivity contribution in [1.82, 2.24) is 0 Å². The summed E-state index contributed by atoms with van der Waals surface area (Å²) >= 11 is 0. The first-order chi connectivity index (χ1) is 11.9. The van der Waals surface area contributed by atoms with Gasteiger partial charge in [0.05, 0.1) is 6.04 Å². The fourth-order valence-electron chi connectivity index (χ4n) is 3.94. The van der Waals surface area contributed by atoms with E-state index >= 15 is 0 Å². The van der Waals surface area contributed by atoms with Gasteiger partial charge >= 0.3 is 0 Å². The van der Waals surface area contributed by atoms with Gasteiger partial charge in [-0.05, 0) is 59.4 Å². The molecule has 3 N–H and O–H groups in total. The molecule has 0 spiro atoms. The molecule has 2 aromatic carbocycles. The van der Waals surface area contributed by atoms with E-state index in [-0.39, 0.29) is 18.1 Å². The van der Waals surface area contributed by atoms with Gasteiger partial charge in [-0.2, -0.15) is 0 Å². The maximum absolute atomic E-state index is 9.92. The van der Waals surface area contributed by atoms with Gasteiger partial charge < -0.3 is 15.5 Å².